The van der Waals surface area contributed by atoms with Crippen molar-refractivity contribution < 1.29 is 9.00 Å². The van der Waals surface area contributed by atoms with E-state index in [4.69, 9.17) is 0 Å². The fraction of sp³-hybridized carbons (Fsp3) is 0.545. The van der Waals surface area contributed by atoms with Crippen LogP contribution in [0.4, 0.5) is 0 Å². The minimum absolute atomic E-state index is 0.172. The zero-order chi connectivity index (χ0) is 11.3. The van der Waals surface area contributed by atoms with Crippen molar-refractivity contribution in [3.05, 3.63) is 22.4 Å². The number of Topliss-reactive ketones (excluding diaryl/α,β-unsaturated/α-hetero) is 1. The lowest BCUT2D eigenvalue weighted by Crippen LogP contribution is -2.10. The van der Waals surface area contributed by atoms with Gasteiger partial charge in [0.15, 0.2) is 5.78 Å². The van der Waals surface area contributed by atoms with Gasteiger partial charge in [0.2, 0.25) is 0 Å². The van der Waals surface area contributed by atoms with E-state index in [0.29, 0.717) is 12.2 Å². The molecule has 0 aliphatic heterocycles. The minimum atomic E-state index is -0.784. The average Bonchev–Trinajstić information content (AvgIpc) is 2.70. The van der Waals surface area contributed by atoms with E-state index in [1.807, 2.05) is 31.4 Å². The standard InChI is InChI=1S/C11H16O2S2/c1-9(2)15(13)8-4-5-10(12)11-6-3-7-14-11/h3,6-7,9H,4-5,8H2,1-2H3. The molecule has 1 unspecified atom stereocenters. The van der Waals surface area contributed by atoms with Gasteiger partial charge in [0, 0.05) is 28.2 Å². The molecule has 0 spiro atoms. The van der Waals surface area contributed by atoms with Gasteiger partial charge in [0.1, 0.15) is 0 Å². The van der Waals surface area contributed by atoms with Gasteiger partial charge >= 0.3 is 0 Å². The molecule has 84 valence electrons. The van der Waals surface area contributed by atoms with Crippen molar-refractivity contribution in [3.8, 4) is 0 Å². The van der Waals surface area contributed by atoms with Gasteiger partial charge < -0.3 is 0 Å². The number of hydrogen-bond donors (Lipinski definition) is 0. The number of carbonyl (C=O) groups excluding carboxylic acids is 1. The third-order valence-corrected chi connectivity index (χ3v) is 4.72. The van der Waals surface area contributed by atoms with Crippen molar-refractivity contribution in [2.24, 2.45) is 0 Å². The smallest absolute Gasteiger partial charge is 0.172 e. The molecule has 4 heteroatoms. The fourth-order valence-electron chi connectivity index (χ4n) is 1.17. The molecule has 1 aromatic rings. The molecule has 0 radical (unpaired) electrons. The van der Waals surface area contributed by atoms with Gasteiger partial charge in [0.25, 0.3) is 0 Å². The predicted molar refractivity (Wildman–Crippen MR) is 66.0 cm³/mol. The highest BCUT2D eigenvalue weighted by atomic mass is 32.2. The summed E-state index contributed by atoms with van der Waals surface area (Å²) < 4.78 is 11.4. The second-order valence-corrected chi connectivity index (χ2v) is 6.70. The summed E-state index contributed by atoms with van der Waals surface area (Å²) in [5.41, 5.74) is 0. The molecule has 0 amide bonds. The van der Waals surface area contributed by atoms with Crippen LogP contribution in [-0.2, 0) is 10.8 Å². The average molecular weight is 244 g/mol. The Labute approximate surface area is 97.2 Å². The highest BCUT2D eigenvalue weighted by Crippen LogP contribution is 2.12. The quantitative estimate of drug-likeness (QED) is 0.721. The van der Waals surface area contributed by atoms with E-state index in [1.54, 1.807) is 0 Å². The van der Waals surface area contributed by atoms with Gasteiger partial charge in [-0.3, -0.25) is 9.00 Å². The second-order valence-electron chi connectivity index (χ2n) is 3.64. The molecule has 1 aromatic heterocycles. The first-order valence-electron chi connectivity index (χ1n) is 5.05. The number of carbonyl (C=O) groups is 1. The van der Waals surface area contributed by atoms with Crippen molar-refractivity contribution >= 4 is 27.9 Å². The first-order valence-corrected chi connectivity index (χ1v) is 7.31. The Kier molecular flexibility index (Phi) is 5.19. The normalized spacial score (nSPS) is 13.0. The molecule has 0 bridgehead atoms. The minimum Gasteiger partial charge on any atom is -0.293 e. The third kappa shape index (κ3) is 4.26. The number of thiophene rings is 1. The molecular weight excluding hydrogens is 228 g/mol. The van der Waals surface area contributed by atoms with E-state index in [-0.39, 0.29) is 11.0 Å². The van der Waals surface area contributed by atoms with Gasteiger partial charge in [-0.25, -0.2) is 0 Å². The molecule has 0 saturated heterocycles. The lowest BCUT2D eigenvalue weighted by atomic mass is 10.2. The van der Waals surface area contributed by atoms with Crippen LogP contribution in [0.2, 0.25) is 0 Å². The molecule has 0 fully saturated rings. The van der Waals surface area contributed by atoms with Crippen LogP contribution in [0.1, 0.15) is 36.4 Å². The lowest BCUT2D eigenvalue weighted by Gasteiger charge is -2.04. The summed E-state index contributed by atoms with van der Waals surface area (Å²) in [6, 6.07) is 3.72. The molecule has 1 atom stereocenters. The first kappa shape index (κ1) is 12.6. The van der Waals surface area contributed by atoms with Gasteiger partial charge in [0.05, 0.1) is 4.88 Å². The van der Waals surface area contributed by atoms with Crippen molar-refractivity contribution in [3.63, 3.8) is 0 Å². The van der Waals surface area contributed by atoms with E-state index in [0.717, 1.165) is 11.3 Å². The van der Waals surface area contributed by atoms with E-state index >= 15 is 0 Å². The van der Waals surface area contributed by atoms with E-state index in [1.165, 1.54) is 11.3 Å². The molecule has 0 aliphatic rings. The Bertz CT molecular complexity index is 328. The van der Waals surface area contributed by atoms with Crippen LogP contribution in [0.15, 0.2) is 17.5 Å². The topological polar surface area (TPSA) is 34.1 Å². The fourth-order valence-corrected chi connectivity index (χ4v) is 2.77. The largest absolute Gasteiger partial charge is 0.293 e. The summed E-state index contributed by atoms with van der Waals surface area (Å²) >= 11 is 1.47. The zero-order valence-electron chi connectivity index (χ0n) is 9.06. The Hall–Kier alpha value is -0.480. The molecule has 15 heavy (non-hydrogen) atoms. The maximum Gasteiger partial charge on any atom is 0.172 e. The Morgan fingerprint density at radius 2 is 2.27 bits per heavy atom. The highest BCUT2D eigenvalue weighted by Gasteiger charge is 2.09. The van der Waals surface area contributed by atoms with Crippen LogP contribution in [-0.4, -0.2) is 21.0 Å². The number of ketones is 1. The maximum atomic E-state index is 11.6. The molecular formula is C11H16O2S2. The van der Waals surface area contributed by atoms with Crippen molar-refractivity contribution in [1.29, 1.82) is 0 Å². The van der Waals surface area contributed by atoms with Crippen LogP contribution in [0.5, 0.6) is 0 Å². The monoisotopic (exact) mass is 244 g/mol. The molecule has 2 nitrogen and oxygen atoms in total. The Morgan fingerprint density at radius 1 is 1.53 bits per heavy atom. The van der Waals surface area contributed by atoms with Crippen LogP contribution in [0.25, 0.3) is 0 Å². The van der Waals surface area contributed by atoms with Gasteiger partial charge in [-0.1, -0.05) is 19.9 Å². The number of rotatable bonds is 6. The summed E-state index contributed by atoms with van der Waals surface area (Å²) in [6.45, 7) is 3.88. The highest BCUT2D eigenvalue weighted by molar-refractivity contribution is 7.85. The summed E-state index contributed by atoms with van der Waals surface area (Å²) in [4.78, 5) is 12.4. The molecule has 0 aromatic carbocycles. The Morgan fingerprint density at radius 3 is 2.80 bits per heavy atom. The molecule has 1 rings (SSSR count). The van der Waals surface area contributed by atoms with Crippen LogP contribution in [0, 0.1) is 0 Å². The van der Waals surface area contributed by atoms with Crippen LogP contribution < -0.4 is 0 Å². The van der Waals surface area contributed by atoms with Gasteiger partial charge in [-0.2, -0.15) is 0 Å². The Balaban J connectivity index is 2.27. The SMILES string of the molecule is CC(C)S(=O)CCCC(=O)c1cccs1. The summed E-state index contributed by atoms with van der Waals surface area (Å²) in [5.74, 6) is 0.806. The molecule has 0 N–H and O–H groups in total. The summed E-state index contributed by atoms with van der Waals surface area (Å²) in [7, 11) is -0.784. The van der Waals surface area contributed by atoms with Gasteiger partial charge in [-0.05, 0) is 17.9 Å². The maximum absolute atomic E-state index is 11.6. The zero-order valence-corrected chi connectivity index (χ0v) is 10.7. The molecule has 0 aliphatic carbocycles. The lowest BCUT2D eigenvalue weighted by molar-refractivity contribution is 0.0986. The molecule has 1 heterocycles. The first-order chi connectivity index (χ1) is 7.11. The van der Waals surface area contributed by atoms with E-state index < -0.39 is 10.8 Å². The second kappa shape index (κ2) is 6.18. The van der Waals surface area contributed by atoms with E-state index in [9.17, 15) is 9.00 Å². The van der Waals surface area contributed by atoms with Crippen molar-refractivity contribution in [1.82, 2.24) is 0 Å². The predicted octanol–water partition coefficient (Wildman–Crippen LogP) is 2.87. The van der Waals surface area contributed by atoms with Crippen molar-refractivity contribution in [2.45, 2.75) is 31.9 Å². The van der Waals surface area contributed by atoms with E-state index in [2.05, 4.69) is 0 Å². The van der Waals surface area contributed by atoms with Crippen LogP contribution in [0.3, 0.4) is 0 Å². The summed E-state index contributed by atoms with van der Waals surface area (Å²) in [6.07, 6.45) is 1.24. The third-order valence-electron chi connectivity index (χ3n) is 2.07. The van der Waals surface area contributed by atoms with Crippen LogP contribution >= 0.6 is 11.3 Å². The van der Waals surface area contributed by atoms with Crippen molar-refractivity contribution in [2.75, 3.05) is 5.75 Å². The summed E-state index contributed by atoms with van der Waals surface area (Å²) in [5, 5.41) is 2.10. The number of hydrogen-bond acceptors (Lipinski definition) is 3. The van der Waals surface area contributed by atoms with Gasteiger partial charge in [-0.15, -0.1) is 11.3 Å². The molecule has 0 saturated carbocycles.